The summed E-state index contributed by atoms with van der Waals surface area (Å²) in [4.78, 5) is 28.3. The summed E-state index contributed by atoms with van der Waals surface area (Å²) in [7, 11) is 0. The molecule has 5 nitrogen and oxygen atoms in total. The van der Waals surface area contributed by atoms with Crippen molar-refractivity contribution in [3.05, 3.63) is 35.9 Å². The van der Waals surface area contributed by atoms with E-state index in [2.05, 4.69) is 4.90 Å². The highest BCUT2D eigenvalue weighted by molar-refractivity contribution is 7.99. The summed E-state index contributed by atoms with van der Waals surface area (Å²) in [6.45, 7) is 3.16. The van der Waals surface area contributed by atoms with Crippen LogP contribution in [0.25, 0.3) is 0 Å². The van der Waals surface area contributed by atoms with Crippen LogP contribution in [0.15, 0.2) is 30.3 Å². The van der Waals surface area contributed by atoms with E-state index in [4.69, 9.17) is 0 Å². The Labute approximate surface area is 140 Å². The Kier molecular flexibility index (Phi) is 5.23. The number of nitrogens with zero attached hydrogens (tertiary/aromatic N) is 2. The normalized spacial score (nSPS) is 25.5. The van der Waals surface area contributed by atoms with Crippen LogP contribution in [0.1, 0.15) is 5.56 Å². The summed E-state index contributed by atoms with van der Waals surface area (Å²) in [5, 5.41) is 9.51. The molecule has 1 aromatic rings. The average molecular weight is 334 g/mol. The monoisotopic (exact) mass is 334 g/mol. The van der Waals surface area contributed by atoms with Crippen LogP contribution >= 0.6 is 11.8 Å². The lowest BCUT2D eigenvalue weighted by atomic mass is 9.95. The molecule has 6 heteroatoms. The average Bonchev–Trinajstić information content (AvgIpc) is 3.00. The van der Waals surface area contributed by atoms with E-state index in [1.807, 2.05) is 47.0 Å². The molecule has 0 aromatic heterocycles. The van der Waals surface area contributed by atoms with E-state index in [-0.39, 0.29) is 5.91 Å². The molecule has 0 spiro atoms. The number of carboxylic acid groups (broad SMARTS) is 1. The van der Waals surface area contributed by atoms with Gasteiger partial charge in [-0.2, -0.15) is 11.8 Å². The molecule has 3 rings (SSSR count). The van der Waals surface area contributed by atoms with Crippen LogP contribution in [0, 0.1) is 11.8 Å². The summed E-state index contributed by atoms with van der Waals surface area (Å²) in [6, 6.07) is 10.00. The lowest BCUT2D eigenvalue weighted by molar-refractivity contribution is -0.148. The molecule has 124 valence electrons. The maximum Gasteiger partial charge on any atom is 0.308 e. The van der Waals surface area contributed by atoms with E-state index in [0.717, 1.165) is 30.2 Å². The summed E-state index contributed by atoms with van der Waals surface area (Å²) >= 11 is 1.85. The van der Waals surface area contributed by atoms with Gasteiger partial charge in [0.2, 0.25) is 5.91 Å². The zero-order valence-corrected chi connectivity index (χ0v) is 13.9. The van der Waals surface area contributed by atoms with Gasteiger partial charge in [-0.25, -0.2) is 0 Å². The number of benzene rings is 1. The number of thioether (sulfide) groups is 1. The molecule has 2 atom stereocenters. The molecule has 2 aliphatic rings. The van der Waals surface area contributed by atoms with Crippen molar-refractivity contribution in [3.63, 3.8) is 0 Å². The van der Waals surface area contributed by atoms with Crippen LogP contribution in [-0.4, -0.2) is 64.5 Å². The first-order valence-electron chi connectivity index (χ1n) is 8.01. The van der Waals surface area contributed by atoms with E-state index >= 15 is 0 Å². The highest BCUT2D eigenvalue weighted by Crippen LogP contribution is 2.28. The molecule has 0 bridgehead atoms. The van der Waals surface area contributed by atoms with Gasteiger partial charge in [0.25, 0.3) is 0 Å². The first kappa shape index (κ1) is 16.3. The summed E-state index contributed by atoms with van der Waals surface area (Å²) in [5.41, 5.74) is 1.15. The van der Waals surface area contributed by atoms with Gasteiger partial charge in [0.15, 0.2) is 0 Å². The molecule has 23 heavy (non-hydrogen) atoms. The number of carbonyl (C=O) groups is 2. The fourth-order valence-electron chi connectivity index (χ4n) is 3.37. The Morgan fingerprint density at radius 2 is 1.74 bits per heavy atom. The molecule has 2 fully saturated rings. The number of hydrogen-bond donors (Lipinski definition) is 1. The molecule has 1 N–H and O–H groups in total. The number of likely N-dealkylation sites (tertiary alicyclic amines) is 1. The smallest absolute Gasteiger partial charge is 0.308 e. The first-order chi connectivity index (χ1) is 11.1. The molecule has 2 unspecified atom stereocenters. The van der Waals surface area contributed by atoms with Crippen molar-refractivity contribution in [1.29, 1.82) is 0 Å². The van der Waals surface area contributed by atoms with Crippen molar-refractivity contribution in [3.8, 4) is 0 Å². The Morgan fingerprint density at radius 3 is 2.39 bits per heavy atom. The minimum absolute atomic E-state index is 0.0215. The van der Waals surface area contributed by atoms with Gasteiger partial charge in [-0.05, 0) is 5.56 Å². The van der Waals surface area contributed by atoms with Crippen molar-refractivity contribution < 1.29 is 14.7 Å². The van der Waals surface area contributed by atoms with Crippen molar-refractivity contribution >= 4 is 23.6 Å². The van der Waals surface area contributed by atoms with Gasteiger partial charge in [-0.15, -0.1) is 0 Å². The fraction of sp³-hybridized carbons (Fsp3) is 0.529. The minimum Gasteiger partial charge on any atom is -0.481 e. The van der Waals surface area contributed by atoms with E-state index in [9.17, 15) is 14.7 Å². The summed E-state index contributed by atoms with van der Waals surface area (Å²) in [6.07, 6.45) is 0. The van der Waals surface area contributed by atoms with Gasteiger partial charge < -0.3 is 10.0 Å². The Morgan fingerprint density at radius 1 is 1.09 bits per heavy atom. The van der Waals surface area contributed by atoms with Crippen molar-refractivity contribution in [2.24, 2.45) is 11.8 Å². The van der Waals surface area contributed by atoms with Gasteiger partial charge >= 0.3 is 5.97 Å². The number of carbonyl (C=O) groups excluding carboxylic acids is 1. The van der Waals surface area contributed by atoms with Crippen LogP contribution in [0.3, 0.4) is 0 Å². The molecule has 0 aliphatic carbocycles. The minimum atomic E-state index is -0.856. The highest BCUT2D eigenvalue weighted by atomic mass is 32.2. The fourth-order valence-corrected chi connectivity index (χ4v) is 4.28. The second-order valence-electron chi connectivity index (χ2n) is 6.17. The molecule has 0 radical (unpaired) electrons. The van der Waals surface area contributed by atoms with Crippen molar-refractivity contribution in [2.75, 3.05) is 37.7 Å². The van der Waals surface area contributed by atoms with Gasteiger partial charge in [-0.1, -0.05) is 30.3 Å². The number of rotatable bonds is 4. The van der Waals surface area contributed by atoms with Crippen LogP contribution in [-0.2, 0) is 16.1 Å². The predicted octanol–water partition coefficient (Wildman–Crippen LogP) is 1.39. The second-order valence-corrected chi connectivity index (χ2v) is 7.39. The quantitative estimate of drug-likeness (QED) is 0.902. The summed E-state index contributed by atoms with van der Waals surface area (Å²) in [5.74, 6) is 0.0482. The molecule has 2 heterocycles. The third-order valence-corrected chi connectivity index (χ3v) is 5.54. The molecule has 0 saturated carbocycles. The first-order valence-corrected chi connectivity index (χ1v) is 9.16. The van der Waals surface area contributed by atoms with Gasteiger partial charge in [-0.3, -0.25) is 14.5 Å². The second kappa shape index (κ2) is 7.36. The van der Waals surface area contributed by atoms with Crippen LogP contribution in [0.5, 0.6) is 0 Å². The largest absolute Gasteiger partial charge is 0.481 e. The molecule has 1 aromatic carbocycles. The number of aliphatic carboxylic acids is 1. The zero-order chi connectivity index (χ0) is 16.2. The van der Waals surface area contributed by atoms with Gasteiger partial charge in [0, 0.05) is 44.2 Å². The van der Waals surface area contributed by atoms with E-state index in [1.165, 1.54) is 0 Å². The molecular formula is C17H22N2O3S. The zero-order valence-electron chi connectivity index (χ0n) is 13.1. The number of carboxylic acids is 1. The maximum absolute atomic E-state index is 12.7. The van der Waals surface area contributed by atoms with Gasteiger partial charge in [0.1, 0.15) is 0 Å². The standard InChI is InChI=1S/C17H22N2O3S/c20-16(19-6-8-23-9-7-19)14-11-18(12-15(14)17(21)22)10-13-4-2-1-3-5-13/h1-5,14-15H,6-12H2,(H,21,22). The van der Waals surface area contributed by atoms with E-state index in [1.54, 1.807) is 0 Å². The van der Waals surface area contributed by atoms with Crippen LogP contribution in [0.2, 0.25) is 0 Å². The Bertz CT molecular complexity index is 560. The Balaban J connectivity index is 1.68. The SMILES string of the molecule is O=C(O)C1CN(Cc2ccccc2)CC1C(=O)N1CCSCC1. The van der Waals surface area contributed by atoms with Gasteiger partial charge in [0.05, 0.1) is 11.8 Å². The number of amides is 1. The third-order valence-electron chi connectivity index (χ3n) is 4.60. The van der Waals surface area contributed by atoms with E-state index < -0.39 is 17.8 Å². The van der Waals surface area contributed by atoms with Crippen LogP contribution in [0.4, 0.5) is 0 Å². The lowest BCUT2D eigenvalue weighted by Crippen LogP contribution is -2.44. The molecule has 1 amide bonds. The van der Waals surface area contributed by atoms with Crippen molar-refractivity contribution in [1.82, 2.24) is 9.80 Å². The molecule has 2 aliphatic heterocycles. The van der Waals surface area contributed by atoms with Crippen LogP contribution < -0.4 is 0 Å². The van der Waals surface area contributed by atoms with E-state index in [0.29, 0.717) is 19.6 Å². The molecular weight excluding hydrogens is 312 g/mol. The van der Waals surface area contributed by atoms with Crippen molar-refractivity contribution in [2.45, 2.75) is 6.54 Å². The third kappa shape index (κ3) is 3.87. The lowest BCUT2D eigenvalue weighted by Gasteiger charge is -2.29. The maximum atomic E-state index is 12.7. The summed E-state index contributed by atoms with van der Waals surface area (Å²) < 4.78 is 0. The highest BCUT2D eigenvalue weighted by Gasteiger charge is 2.43. The number of hydrogen-bond acceptors (Lipinski definition) is 4. The predicted molar refractivity (Wildman–Crippen MR) is 90.2 cm³/mol. The topological polar surface area (TPSA) is 60.9 Å². The molecule has 2 saturated heterocycles. The Hall–Kier alpha value is -1.53.